The Morgan fingerprint density at radius 2 is 2.55 bits per heavy atom. The van der Waals surface area contributed by atoms with E-state index in [1.165, 1.54) is 0 Å². The van der Waals surface area contributed by atoms with Crippen LogP contribution in [0.1, 0.15) is 23.1 Å². The molecule has 0 aliphatic carbocycles. The van der Waals surface area contributed by atoms with Gasteiger partial charge in [0.2, 0.25) is 5.91 Å². The van der Waals surface area contributed by atoms with Crippen LogP contribution >= 0.6 is 11.3 Å². The normalized spacial score (nSPS) is 19.2. The molecule has 106 valence electrons. The van der Waals surface area contributed by atoms with Crippen LogP contribution in [-0.2, 0) is 16.0 Å². The molecule has 1 fully saturated rings. The number of ether oxygens (including phenoxy) is 1. The van der Waals surface area contributed by atoms with Crippen LogP contribution in [0, 0.1) is 6.92 Å². The van der Waals surface area contributed by atoms with Crippen LogP contribution in [0.25, 0.3) is 0 Å². The lowest BCUT2D eigenvalue weighted by Gasteiger charge is -2.34. The molecule has 0 spiro atoms. The molecular formula is C14H17N3O2S. The average molecular weight is 291 g/mol. The zero-order valence-corrected chi connectivity index (χ0v) is 12.2. The summed E-state index contributed by atoms with van der Waals surface area (Å²) in [5.74, 6) is 0.937. The molecule has 1 aliphatic rings. The van der Waals surface area contributed by atoms with Crippen LogP contribution in [0.4, 0.5) is 0 Å². The molecule has 1 aliphatic heterocycles. The molecule has 1 amide bonds. The molecule has 0 aromatic carbocycles. The first-order valence-corrected chi connectivity index (χ1v) is 7.58. The van der Waals surface area contributed by atoms with Crippen LogP contribution in [0.3, 0.4) is 0 Å². The predicted molar refractivity (Wildman–Crippen MR) is 76.6 cm³/mol. The summed E-state index contributed by atoms with van der Waals surface area (Å²) in [6, 6.07) is 1.89. The minimum Gasteiger partial charge on any atom is -0.377 e. The Bertz CT molecular complexity index is 579. The summed E-state index contributed by atoms with van der Waals surface area (Å²) in [4.78, 5) is 21.9. The highest BCUT2D eigenvalue weighted by Crippen LogP contribution is 2.23. The fourth-order valence-electron chi connectivity index (χ4n) is 2.40. The van der Waals surface area contributed by atoms with Crippen molar-refractivity contribution < 1.29 is 9.53 Å². The molecule has 1 unspecified atom stereocenters. The van der Waals surface area contributed by atoms with E-state index in [4.69, 9.17) is 4.74 Å². The van der Waals surface area contributed by atoms with Crippen molar-refractivity contribution in [2.24, 2.45) is 0 Å². The molecular weight excluding hydrogens is 274 g/mol. The number of aromatic amines is 1. The number of morpholine rings is 1. The van der Waals surface area contributed by atoms with Gasteiger partial charge in [-0.1, -0.05) is 0 Å². The Balaban J connectivity index is 1.76. The minimum atomic E-state index is -0.108. The van der Waals surface area contributed by atoms with E-state index in [1.54, 1.807) is 17.5 Å². The van der Waals surface area contributed by atoms with Gasteiger partial charge >= 0.3 is 0 Å². The van der Waals surface area contributed by atoms with Crippen molar-refractivity contribution in [3.8, 4) is 0 Å². The maximum atomic E-state index is 12.5. The van der Waals surface area contributed by atoms with Crippen LogP contribution in [0.15, 0.2) is 23.0 Å². The van der Waals surface area contributed by atoms with E-state index in [0.29, 0.717) is 26.2 Å². The maximum Gasteiger partial charge on any atom is 0.227 e. The average Bonchev–Trinajstić information content (AvgIpc) is 3.10. The van der Waals surface area contributed by atoms with Crippen LogP contribution in [-0.4, -0.2) is 40.5 Å². The first-order valence-electron chi connectivity index (χ1n) is 6.64. The van der Waals surface area contributed by atoms with Crippen molar-refractivity contribution in [1.29, 1.82) is 0 Å². The summed E-state index contributed by atoms with van der Waals surface area (Å²) in [5.41, 5.74) is 2.07. The fraction of sp³-hybridized carbons (Fsp3) is 0.429. The van der Waals surface area contributed by atoms with Crippen molar-refractivity contribution in [2.45, 2.75) is 19.4 Å². The van der Waals surface area contributed by atoms with E-state index in [-0.39, 0.29) is 11.9 Å². The van der Waals surface area contributed by atoms with Gasteiger partial charge in [0.25, 0.3) is 0 Å². The van der Waals surface area contributed by atoms with Crippen LogP contribution < -0.4 is 0 Å². The summed E-state index contributed by atoms with van der Waals surface area (Å²) in [7, 11) is 0. The van der Waals surface area contributed by atoms with E-state index >= 15 is 0 Å². The van der Waals surface area contributed by atoms with Crippen molar-refractivity contribution in [3.05, 3.63) is 40.1 Å². The quantitative estimate of drug-likeness (QED) is 0.940. The third-order valence-electron chi connectivity index (χ3n) is 3.42. The van der Waals surface area contributed by atoms with E-state index in [0.717, 1.165) is 17.1 Å². The maximum absolute atomic E-state index is 12.5. The van der Waals surface area contributed by atoms with Gasteiger partial charge in [-0.3, -0.25) is 4.79 Å². The van der Waals surface area contributed by atoms with E-state index < -0.39 is 0 Å². The van der Waals surface area contributed by atoms with Gasteiger partial charge in [-0.25, -0.2) is 4.98 Å². The molecule has 1 atom stereocenters. The second-order valence-corrected chi connectivity index (χ2v) is 5.72. The number of carbonyl (C=O) groups is 1. The molecule has 2 aromatic rings. The number of nitrogens with one attached hydrogen (secondary N) is 1. The number of rotatable bonds is 3. The van der Waals surface area contributed by atoms with Crippen LogP contribution in [0.5, 0.6) is 0 Å². The molecule has 1 N–H and O–H groups in total. The van der Waals surface area contributed by atoms with Gasteiger partial charge in [-0.15, -0.1) is 0 Å². The number of thiophene rings is 1. The molecule has 5 nitrogen and oxygen atoms in total. The molecule has 0 radical (unpaired) electrons. The number of nitrogens with zero attached hydrogens (tertiary/aromatic N) is 2. The SMILES string of the molecule is Cc1cnc(C2COCCN2C(=O)Cc2ccsc2)[nH]1. The van der Waals surface area contributed by atoms with E-state index in [2.05, 4.69) is 9.97 Å². The number of amides is 1. The zero-order chi connectivity index (χ0) is 13.9. The van der Waals surface area contributed by atoms with Gasteiger partial charge in [0.1, 0.15) is 11.9 Å². The van der Waals surface area contributed by atoms with Crippen LogP contribution in [0.2, 0.25) is 0 Å². The Hall–Kier alpha value is -1.66. The van der Waals surface area contributed by atoms with Crippen molar-refractivity contribution in [2.75, 3.05) is 19.8 Å². The second-order valence-electron chi connectivity index (χ2n) is 4.94. The minimum absolute atomic E-state index is 0.108. The largest absolute Gasteiger partial charge is 0.377 e. The molecule has 0 bridgehead atoms. The zero-order valence-electron chi connectivity index (χ0n) is 11.3. The Morgan fingerprint density at radius 1 is 1.65 bits per heavy atom. The van der Waals surface area contributed by atoms with Gasteiger partial charge in [0.05, 0.1) is 19.6 Å². The lowest BCUT2D eigenvalue weighted by atomic mass is 10.1. The number of carbonyl (C=O) groups excluding carboxylic acids is 1. The van der Waals surface area contributed by atoms with Gasteiger partial charge < -0.3 is 14.6 Å². The molecule has 6 heteroatoms. The molecule has 0 saturated carbocycles. The summed E-state index contributed by atoms with van der Waals surface area (Å²) in [5, 5.41) is 4.01. The van der Waals surface area contributed by atoms with Crippen molar-refractivity contribution in [1.82, 2.24) is 14.9 Å². The molecule has 3 rings (SSSR count). The van der Waals surface area contributed by atoms with Gasteiger partial charge in [-0.2, -0.15) is 11.3 Å². The Labute approximate surface area is 121 Å². The highest BCUT2D eigenvalue weighted by atomic mass is 32.1. The molecule has 20 heavy (non-hydrogen) atoms. The van der Waals surface area contributed by atoms with Gasteiger partial charge in [0, 0.05) is 18.4 Å². The predicted octanol–water partition coefficient (Wildman–Crippen LogP) is 1.92. The first kappa shape index (κ1) is 13.3. The number of imidazole rings is 1. The number of hydrogen-bond donors (Lipinski definition) is 1. The summed E-state index contributed by atoms with van der Waals surface area (Å²) >= 11 is 1.61. The Kier molecular flexibility index (Phi) is 3.84. The topological polar surface area (TPSA) is 58.2 Å². The standard InChI is InChI=1S/C14H17N3O2S/c1-10-7-15-14(16-10)12-8-19-4-3-17(12)13(18)6-11-2-5-20-9-11/h2,5,7,9,12H,3-4,6,8H2,1H3,(H,15,16). The van der Waals surface area contributed by atoms with Gasteiger partial charge in [0.15, 0.2) is 0 Å². The molecule has 1 saturated heterocycles. The molecule has 3 heterocycles. The molecule has 2 aromatic heterocycles. The fourth-order valence-corrected chi connectivity index (χ4v) is 3.07. The summed E-state index contributed by atoms with van der Waals surface area (Å²) in [6.45, 7) is 3.67. The number of aromatic nitrogens is 2. The smallest absolute Gasteiger partial charge is 0.227 e. The number of aryl methyl sites for hydroxylation is 1. The third-order valence-corrected chi connectivity index (χ3v) is 4.15. The lowest BCUT2D eigenvalue weighted by Crippen LogP contribution is -2.44. The van der Waals surface area contributed by atoms with Crippen molar-refractivity contribution in [3.63, 3.8) is 0 Å². The highest BCUT2D eigenvalue weighted by molar-refractivity contribution is 7.07. The third kappa shape index (κ3) is 2.76. The van der Waals surface area contributed by atoms with Crippen molar-refractivity contribution >= 4 is 17.2 Å². The summed E-state index contributed by atoms with van der Waals surface area (Å²) in [6.07, 6.45) is 2.23. The Morgan fingerprint density at radius 3 is 3.25 bits per heavy atom. The second kappa shape index (κ2) is 5.76. The highest BCUT2D eigenvalue weighted by Gasteiger charge is 2.30. The lowest BCUT2D eigenvalue weighted by molar-refractivity contribution is -0.139. The monoisotopic (exact) mass is 291 g/mol. The number of hydrogen-bond acceptors (Lipinski definition) is 4. The summed E-state index contributed by atoms with van der Waals surface area (Å²) < 4.78 is 5.51. The number of H-pyrrole nitrogens is 1. The van der Waals surface area contributed by atoms with Gasteiger partial charge in [-0.05, 0) is 29.3 Å². The van der Waals surface area contributed by atoms with E-state index in [9.17, 15) is 4.79 Å². The first-order chi connectivity index (χ1) is 9.74. The van der Waals surface area contributed by atoms with E-state index in [1.807, 2.05) is 28.7 Å².